The second-order valence-electron chi connectivity index (χ2n) is 4.57. The molecular formula is C14H18FNO3. The van der Waals surface area contributed by atoms with Crippen molar-refractivity contribution in [1.82, 2.24) is 5.32 Å². The van der Waals surface area contributed by atoms with Crippen molar-refractivity contribution in [3.05, 3.63) is 35.1 Å². The number of carbonyl (C=O) groups excluding carboxylic acids is 1. The van der Waals surface area contributed by atoms with Gasteiger partial charge in [0.25, 0.3) is 5.91 Å². The fourth-order valence-corrected chi connectivity index (χ4v) is 1.92. The van der Waals surface area contributed by atoms with Crippen molar-refractivity contribution in [3.63, 3.8) is 0 Å². The monoisotopic (exact) mass is 267 g/mol. The molecule has 0 aliphatic carbocycles. The summed E-state index contributed by atoms with van der Waals surface area (Å²) >= 11 is 0. The third-order valence-electron chi connectivity index (χ3n) is 2.70. The maximum atomic E-state index is 13.2. The number of carboxylic acids is 1. The molecule has 1 amide bonds. The fraction of sp³-hybridized carbons (Fsp3) is 0.429. The number of aryl methyl sites for hydroxylation is 1. The molecule has 0 saturated heterocycles. The van der Waals surface area contributed by atoms with Gasteiger partial charge in [-0.15, -0.1) is 0 Å². The second kappa shape index (κ2) is 6.87. The Kier molecular flexibility index (Phi) is 5.48. The quantitative estimate of drug-likeness (QED) is 0.832. The molecule has 1 aromatic rings. The van der Waals surface area contributed by atoms with Crippen LogP contribution < -0.4 is 5.32 Å². The molecule has 1 aromatic carbocycles. The van der Waals surface area contributed by atoms with E-state index >= 15 is 0 Å². The van der Waals surface area contributed by atoms with E-state index in [0.717, 1.165) is 12.5 Å². The number of halogens is 1. The van der Waals surface area contributed by atoms with Crippen LogP contribution in [-0.2, 0) is 4.79 Å². The normalized spacial score (nSPS) is 11.9. The molecule has 0 aromatic heterocycles. The summed E-state index contributed by atoms with van der Waals surface area (Å²) in [5, 5.41) is 11.4. The average Bonchev–Trinajstić information content (AvgIpc) is 2.26. The number of benzene rings is 1. The highest BCUT2D eigenvalue weighted by molar-refractivity contribution is 5.94. The van der Waals surface area contributed by atoms with Gasteiger partial charge in [-0.1, -0.05) is 13.3 Å². The Labute approximate surface area is 111 Å². The van der Waals surface area contributed by atoms with E-state index in [4.69, 9.17) is 5.11 Å². The van der Waals surface area contributed by atoms with Crippen LogP contribution in [0.15, 0.2) is 18.2 Å². The van der Waals surface area contributed by atoms with Crippen LogP contribution in [0.4, 0.5) is 4.39 Å². The van der Waals surface area contributed by atoms with E-state index in [1.54, 1.807) is 13.0 Å². The summed E-state index contributed by atoms with van der Waals surface area (Å²) in [6.07, 6.45) is 1.21. The Morgan fingerprint density at radius 2 is 2.05 bits per heavy atom. The van der Waals surface area contributed by atoms with E-state index in [9.17, 15) is 14.0 Å². The summed E-state index contributed by atoms with van der Waals surface area (Å²) in [5.74, 6) is -1.88. The van der Waals surface area contributed by atoms with Gasteiger partial charge in [0.15, 0.2) is 0 Å². The first-order valence-electron chi connectivity index (χ1n) is 6.22. The molecule has 2 N–H and O–H groups in total. The lowest BCUT2D eigenvalue weighted by Crippen LogP contribution is -2.36. The summed E-state index contributed by atoms with van der Waals surface area (Å²) in [7, 11) is 0. The Balaban J connectivity index is 2.77. The number of amides is 1. The van der Waals surface area contributed by atoms with Gasteiger partial charge in [0, 0.05) is 11.6 Å². The average molecular weight is 267 g/mol. The van der Waals surface area contributed by atoms with Crippen LogP contribution in [-0.4, -0.2) is 23.0 Å². The summed E-state index contributed by atoms with van der Waals surface area (Å²) in [4.78, 5) is 22.6. The Morgan fingerprint density at radius 1 is 1.37 bits per heavy atom. The maximum absolute atomic E-state index is 13.2. The minimum absolute atomic E-state index is 0.131. The van der Waals surface area contributed by atoms with Gasteiger partial charge < -0.3 is 10.4 Å². The van der Waals surface area contributed by atoms with Gasteiger partial charge >= 0.3 is 5.97 Å². The lowest BCUT2D eigenvalue weighted by atomic mass is 10.1. The lowest BCUT2D eigenvalue weighted by Gasteiger charge is -2.16. The Morgan fingerprint density at radius 3 is 2.58 bits per heavy atom. The SMILES string of the molecule is CCCC(CC(=O)O)NC(=O)c1cc(C)cc(F)c1. The van der Waals surface area contributed by atoms with Gasteiger partial charge in [0.2, 0.25) is 0 Å². The van der Waals surface area contributed by atoms with Gasteiger partial charge in [0.05, 0.1) is 6.42 Å². The number of nitrogens with one attached hydrogen (secondary N) is 1. The third-order valence-corrected chi connectivity index (χ3v) is 2.70. The predicted molar refractivity (Wildman–Crippen MR) is 69.6 cm³/mol. The minimum atomic E-state index is -0.964. The Hall–Kier alpha value is -1.91. The van der Waals surface area contributed by atoms with E-state index in [1.807, 2.05) is 6.92 Å². The predicted octanol–water partition coefficient (Wildman–Crippen LogP) is 2.51. The smallest absolute Gasteiger partial charge is 0.305 e. The van der Waals surface area contributed by atoms with Gasteiger partial charge in [-0.25, -0.2) is 4.39 Å². The molecular weight excluding hydrogens is 249 g/mol. The van der Waals surface area contributed by atoms with Gasteiger partial charge in [0.1, 0.15) is 5.82 Å². The zero-order chi connectivity index (χ0) is 14.4. The molecule has 1 atom stereocenters. The molecule has 104 valence electrons. The number of hydrogen-bond acceptors (Lipinski definition) is 2. The zero-order valence-corrected chi connectivity index (χ0v) is 11.1. The fourth-order valence-electron chi connectivity index (χ4n) is 1.92. The number of rotatable bonds is 6. The number of hydrogen-bond donors (Lipinski definition) is 2. The topological polar surface area (TPSA) is 66.4 Å². The van der Waals surface area contributed by atoms with Crippen LogP contribution >= 0.6 is 0 Å². The third kappa shape index (κ3) is 5.07. The molecule has 0 aliphatic heterocycles. The van der Waals surface area contributed by atoms with Crippen molar-refractivity contribution in [2.75, 3.05) is 0 Å². The van der Waals surface area contributed by atoms with Crippen LogP contribution in [0, 0.1) is 12.7 Å². The first-order chi connectivity index (χ1) is 8.92. The van der Waals surface area contributed by atoms with Crippen molar-refractivity contribution < 1.29 is 19.1 Å². The molecule has 1 rings (SSSR count). The highest BCUT2D eigenvalue weighted by Gasteiger charge is 2.16. The highest BCUT2D eigenvalue weighted by atomic mass is 19.1. The standard InChI is InChI=1S/C14H18FNO3/c1-3-4-12(8-13(17)18)16-14(19)10-5-9(2)6-11(15)7-10/h5-7,12H,3-4,8H2,1-2H3,(H,16,19)(H,17,18). The summed E-state index contributed by atoms with van der Waals surface area (Å²) < 4.78 is 13.2. The van der Waals surface area contributed by atoms with Crippen LogP contribution in [0.3, 0.4) is 0 Å². The van der Waals surface area contributed by atoms with Crippen LogP contribution in [0.1, 0.15) is 42.1 Å². The van der Waals surface area contributed by atoms with Crippen molar-refractivity contribution in [1.29, 1.82) is 0 Å². The zero-order valence-electron chi connectivity index (χ0n) is 11.1. The van der Waals surface area contributed by atoms with Crippen molar-refractivity contribution in [2.45, 2.75) is 39.2 Å². The molecule has 0 saturated carbocycles. The van der Waals surface area contributed by atoms with Gasteiger partial charge in [-0.05, 0) is 37.1 Å². The summed E-state index contributed by atoms with van der Waals surface area (Å²) in [6, 6.07) is 3.62. The van der Waals surface area contributed by atoms with E-state index < -0.39 is 23.7 Å². The minimum Gasteiger partial charge on any atom is -0.481 e. The van der Waals surface area contributed by atoms with Gasteiger partial charge in [-0.2, -0.15) is 0 Å². The van der Waals surface area contributed by atoms with Crippen LogP contribution in [0.5, 0.6) is 0 Å². The van der Waals surface area contributed by atoms with Crippen LogP contribution in [0.25, 0.3) is 0 Å². The summed E-state index contributed by atoms with van der Waals surface area (Å²) in [6.45, 7) is 3.61. The molecule has 4 nitrogen and oxygen atoms in total. The molecule has 0 heterocycles. The first-order valence-corrected chi connectivity index (χ1v) is 6.22. The molecule has 0 fully saturated rings. The summed E-state index contributed by atoms with van der Waals surface area (Å²) in [5.41, 5.74) is 0.861. The number of carbonyl (C=O) groups is 2. The van der Waals surface area contributed by atoms with Crippen molar-refractivity contribution >= 4 is 11.9 Å². The largest absolute Gasteiger partial charge is 0.481 e. The number of carboxylic acid groups (broad SMARTS) is 1. The lowest BCUT2D eigenvalue weighted by molar-refractivity contribution is -0.137. The molecule has 1 unspecified atom stereocenters. The van der Waals surface area contributed by atoms with E-state index in [2.05, 4.69) is 5.32 Å². The molecule has 0 radical (unpaired) electrons. The molecule has 5 heteroatoms. The maximum Gasteiger partial charge on any atom is 0.305 e. The Bertz CT molecular complexity index is 454. The molecule has 19 heavy (non-hydrogen) atoms. The molecule has 0 bridgehead atoms. The highest BCUT2D eigenvalue weighted by Crippen LogP contribution is 2.10. The van der Waals surface area contributed by atoms with E-state index in [-0.39, 0.29) is 12.0 Å². The molecule has 0 spiro atoms. The van der Waals surface area contributed by atoms with E-state index in [1.165, 1.54) is 6.07 Å². The molecule has 0 aliphatic rings. The van der Waals surface area contributed by atoms with E-state index in [0.29, 0.717) is 12.0 Å². The first kappa shape index (κ1) is 15.1. The van der Waals surface area contributed by atoms with Crippen LogP contribution in [0.2, 0.25) is 0 Å². The van der Waals surface area contributed by atoms with Crippen molar-refractivity contribution in [2.24, 2.45) is 0 Å². The second-order valence-corrected chi connectivity index (χ2v) is 4.57. The number of aliphatic carboxylic acids is 1. The van der Waals surface area contributed by atoms with Crippen molar-refractivity contribution in [3.8, 4) is 0 Å². The van der Waals surface area contributed by atoms with Gasteiger partial charge in [-0.3, -0.25) is 9.59 Å².